The maximum Gasteiger partial charge on any atom is 0.257 e. The number of amides is 2. The van der Waals surface area contributed by atoms with Gasteiger partial charge in [-0.05, 0) is 30.3 Å². The molecule has 1 heterocycles. The van der Waals surface area contributed by atoms with Crippen LogP contribution in [0.1, 0.15) is 20.7 Å². The molecule has 0 radical (unpaired) electrons. The lowest BCUT2D eigenvalue weighted by atomic mass is 10.1. The Kier molecular flexibility index (Phi) is 5.68. The number of carbonyl (C=O) groups is 2. The summed E-state index contributed by atoms with van der Waals surface area (Å²) in [7, 11) is 1.52. The molecule has 0 bridgehead atoms. The van der Waals surface area contributed by atoms with Gasteiger partial charge in [0.1, 0.15) is 5.75 Å². The van der Waals surface area contributed by atoms with Gasteiger partial charge in [0.25, 0.3) is 11.8 Å². The van der Waals surface area contributed by atoms with Crippen LogP contribution in [0.15, 0.2) is 67.0 Å². The van der Waals surface area contributed by atoms with Crippen LogP contribution < -0.4 is 15.4 Å². The lowest BCUT2D eigenvalue weighted by molar-refractivity contribution is 0.102. The van der Waals surface area contributed by atoms with Crippen molar-refractivity contribution in [2.45, 2.75) is 0 Å². The van der Waals surface area contributed by atoms with Gasteiger partial charge in [0.2, 0.25) is 0 Å². The maximum absolute atomic E-state index is 12.5. The largest absolute Gasteiger partial charge is 0.495 e. The summed E-state index contributed by atoms with van der Waals surface area (Å²) in [6.45, 7) is 0. The molecule has 1 aromatic heterocycles. The van der Waals surface area contributed by atoms with Crippen LogP contribution >= 0.6 is 11.6 Å². The predicted octanol–water partition coefficient (Wildman–Crippen LogP) is 4.25. The van der Waals surface area contributed by atoms with E-state index < -0.39 is 11.8 Å². The highest BCUT2D eigenvalue weighted by Gasteiger charge is 2.14. The van der Waals surface area contributed by atoms with Crippen molar-refractivity contribution in [3.8, 4) is 5.75 Å². The van der Waals surface area contributed by atoms with Crippen molar-refractivity contribution in [3.05, 3.63) is 83.1 Å². The third kappa shape index (κ3) is 4.43. The molecule has 0 aliphatic heterocycles. The van der Waals surface area contributed by atoms with Crippen LogP contribution in [0.2, 0.25) is 5.02 Å². The highest BCUT2D eigenvalue weighted by atomic mass is 35.5. The lowest BCUT2D eigenvalue weighted by Crippen LogP contribution is -2.16. The van der Waals surface area contributed by atoms with Crippen LogP contribution in [-0.2, 0) is 0 Å². The number of hydrogen-bond donors (Lipinski definition) is 2. The maximum atomic E-state index is 12.5. The first-order chi connectivity index (χ1) is 13.1. The third-order valence-electron chi connectivity index (χ3n) is 3.74. The molecular formula is C20H16ClN3O3. The molecule has 3 rings (SSSR count). The van der Waals surface area contributed by atoms with E-state index in [0.717, 1.165) is 0 Å². The molecule has 6 nitrogen and oxygen atoms in total. The Hall–Kier alpha value is -3.38. The van der Waals surface area contributed by atoms with Crippen LogP contribution in [0.5, 0.6) is 5.75 Å². The highest BCUT2D eigenvalue weighted by molar-refractivity contribution is 6.33. The molecule has 2 amide bonds. The number of methoxy groups -OCH3 is 1. The second-order valence-corrected chi connectivity index (χ2v) is 5.96. The zero-order chi connectivity index (χ0) is 19.2. The molecule has 136 valence electrons. The average Bonchev–Trinajstić information content (AvgIpc) is 2.70. The van der Waals surface area contributed by atoms with Crippen molar-refractivity contribution in [3.63, 3.8) is 0 Å². The first kappa shape index (κ1) is 18.4. The minimum absolute atomic E-state index is 0.239. The van der Waals surface area contributed by atoms with Crippen LogP contribution in [0, 0.1) is 0 Å². The number of anilines is 2. The van der Waals surface area contributed by atoms with Crippen molar-refractivity contribution in [1.82, 2.24) is 4.98 Å². The van der Waals surface area contributed by atoms with E-state index in [4.69, 9.17) is 16.3 Å². The molecule has 27 heavy (non-hydrogen) atoms. The monoisotopic (exact) mass is 381 g/mol. The van der Waals surface area contributed by atoms with Crippen molar-refractivity contribution < 1.29 is 14.3 Å². The molecule has 3 aromatic rings. The number of halogens is 1. The summed E-state index contributed by atoms with van der Waals surface area (Å²) in [5.74, 6) is -0.284. The number of pyridine rings is 1. The topological polar surface area (TPSA) is 80.3 Å². The Morgan fingerprint density at radius 3 is 2.07 bits per heavy atom. The molecule has 0 spiro atoms. The fraction of sp³-hybridized carbons (Fsp3) is 0.0500. The van der Waals surface area contributed by atoms with Crippen molar-refractivity contribution in [2.75, 3.05) is 17.7 Å². The van der Waals surface area contributed by atoms with Gasteiger partial charge in [0.05, 0.1) is 34.6 Å². The summed E-state index contributed by atoms with van der Waals surface area (Å²) in [5.41, 5.74) is 1.49. The summed E-state index contributed by atoms with van der Waals surface area (Å²) in [6.07, 6.45) is 2.77. The molecule has 0 atom stereocenters. The second-order valence-electron chi connectivity index (χ2n) is 5.55. The molecule has 0 unspecified atom stereocenters. The summed E-state index contributed by atoms with van der Waals surface area (Å²) in [6, 6.07) is 15.4. The number of nitrogens with one attached hydrogen (secondary N) is 2. The number of ether oxygens (including phenoxy) is 1. The highest BCUT2D eigenvalue weighted by Crippen LogP contribution is 2.24. The predicted molar refractivity (Wildman–Crippen MR) is 105 cm³/mol. The summed E-state index contributed by atoms with van der Waals surface area (Å²) in [4.78, 5) is 28.9. The fourth-order valence-corrected chi connectivity index (χ4v) is 2.57. The average molecular weight is 382 g/mol. The van der Waals surface area contributed by atoms with Crippen molar-refractivity contribution in [1.29, 1.82) is 0 Å². The van der Waals surface area contributed by atoms with Gasteiger partial charge in [-0.3, -0.25) is 14.6 Å². The van der Waals surface area contributed by atoms with Gasteiger partial charge in [-0.2, -0.15) is 0 Å². The van der Waals surface area contributed by atoms with Crippen molar-refractivity contribution in [2.24, 2.45) is 0 Å². The van der Waals surface area contributed by atoms with Gasteiger partial charge in [0, 0.05) is 12.4 Å². The van der Waals surface area contributed by atoms with E-state index >= 15 is 0 Å². The number of hydrogen-bond acceptors (Lipinski definition) is 4. The number of aromatic nitrogens is 1. The smallest absolute Gasteiger partial charge is 0.257 e. The number of nitrogens with zero attached hydrogens (tertiary/aromatic N) is 1. The minimum atomic E-state index is -0.414. The van der Waals surface area contributed by atoms with Crippen LogP contribution in [-0.4, -0.2) is 23.9 Å². The zero-order valence-corrected chi connectivity index (χ0v) is 15.2. The Labute approximate surface area is 161 Å². The number of carbonyl (C=O) groups excluding carboxylic acids is 2. The van der Waals surface area contributed by atoms with E-state index in [1.807, 2.05) is 0 Å². The van der Waals surface area contributed by atoms with Gasteiger partial charge in [0.15, 0.2) is 0 Å². The van der Waals surface area contributed by atoms with E-state index in [1.165, 1.54) is 25.6 Å². The van der Waals surface area contributed by atoms with Crippen LogP contribution in [0.25, 0.3) is 0 Å². The van der Waals surface area contributed by atoms with E-state index in [1.54, 1.807) is 48.5 Å². The first-order valence-corrected chi connectivity index (χ1v) is 8.41. The Morgan fingerprint density at radius 1 is 0.889 bits per heavy atom. The molecule has 0 saturated carbocycles. The van der Waals surface area contributed by atoms with E-state index in [2.05, 4.69) is 15.6 Å². The van der Waals surface area contributed by atoms with Crippen molar-refractivity contribution >= 4 is 34.8 Å². The third-order valence-corrected chi connectivity index (χ3v) is 4.07. The number of para-hydroxylation sites is 3. The van der Waals surface area contributed by atoms with E-state index in [-0.39, 0.29) is 11.1 Å². The lowest BCUT2D eigenvalue weighted by Gasteiger charge is -2.10. The van der Waals surface area contributed by atoms with Crippen LogP contribution in [0.3, 0.4) is 0 Å². The standard InChI is InChI=1S/C20H16ClN3O3/c1-27-18-9-5-4-8-17(18)24-20(26)14-10-13(11-22-12-14)19(25)23-16-7-3-2-6-15(16)21/h2-12H,1H3,(H,23,25)(H,24,26). The first-order valence-electron chi connectivity index (χ1n) is 8.04. The molecule has 0 saturated heterocycles. The molecule has 0 aliphatic rings. The molecule has 0 fully saturated rings. The molecule has 2 aromatic carbocycles. The summed E-state index contributed by atoms with van der Waals surface area (Å²) < 4.78 is 5.21. The Bertz CT molecular complexity index is 991. The second kappa shape index (κ2) is 8.33. The van der Waals surface area contributed by atoms with Gasteiger partial charge in [-0.25, -0.2) is 0 Å². The van der Waals surface area contributed by atoms with Gasteiger partial charge in [-0.1, -0.05) is 35.9 Å². The summed E-state index contributed by atoms with van der Waals surface area (Å²) >= 11 is 6.05. The SMILES string of the molecule is COc1ccccc1NC(=O)c1cncc(C(=O)Nc2ccccc2Cl)c1. The number of benzene rings is 2. The zero-order valence-electron chi connectivity index (χ0n) is 14.4. The van der Waals surface area contributed by atoms with Gasteiger partial charge < -0.3 is 15.4 Å². The summed E-state index contributed by atoms with van der Waals surface area (Å²) in [5, 5.41) is 5.86. The molecule has 0 aliphatic carbocycles. The normalized spacial score (nSPS) is 10.1. The molecular weight excluding hydrogens is 366 g/mol. The molecule has 2 N–H and O–H groups in total. The van der Waals surface area contributed by atoms with Crippen LogP contribution in [0.4, 0.5) is 11.4 Å². The van der Waals surface area contributed by atoms with Gasteiger partial charge >= 0.3 is 0 Å². The Morgan fingerprint density at radius 2 is 1.44 bits per heavy atom. The fourth-order valence-electron chi connectivity index (χ4n) is 2.39. The molecule has 7 heteroatoms. The minimum Gasteiger partial charge on any atom is -0.495 e. The Balaban J connectivity index is 1.77. The van der Waals surface area contributed by atoms with E-state index in [9.17, 15) is 9.59 Å². The number of rotatable bonds is 5. The quantitative estimate of drug-likeness (QED) is 0.692. The van der Waals surface area contributed by atoms with Gasteiger partial charge in [-0.15, -0.1) is 0 Å². The van der Waals surface area contributed by atoms with E-state index in [0.29, 0.717) is 22.1 Å².